The van der Waals surface area contributed by atoms with E-state index in [-0.39, 0.29) is 5.78 Å². The second-order valence-corrected chi connectivity index (χ2v) is 9.67. The highest BCUT2D eigenvalue weighted by molar-refractivity contribution is 9.10. The smallest absolute Gasteiger partial charge is 0.162 e. The van der Waals surface area contributed by atoms with Crippen molar-refractivity contribution in [3.63, 3.8) is 0 Å². The van der Waals surface area contributed by atoms with Gasteiger partial charge in [-0.3, -0.25) is 4.79 Å². The van der Waals surface area contributed by atoms with Gasteiger partial charge in [-0.1, -0.05) is 64.8 Å². The molecule has 1 N–H and O–H groups in total. The van der Waals surface area contributed by atoms with Gasteiger partial charge in [-0.05, 0) is 88.4 Å². The van der Waals surface area contributed by atoms with Crippen LogP contribution in [-0.2, 0) is 11.2 Å². The number of Topliss-reactive ketones (excluding diaryl/α,β-unsaturated/α-hetero) is 1. The van der Waals surface area contributed by atoms with Crippen molar-refractivity contribution < 1.29 is 4.79 Å². The number of hydrogen-bond donors (Lipinski definition) is 1. The lowest BCUT2D eigenvalue weighted by Gasteiger charge is -2.15. The number of nitrogens with one attached hydrogen (secondary N) is 1. The fraction of sp³-hybridized carbons (Fsp3) is 0.444. The maximum Gasteiger partial charge on any atom is 0.162 e. The van der Waals surface area contributed by atoms with E-state index in [0.29, 0.717) is 0 Å². The van der Waals surface area contributed by atoms with Crippen molar-refractivity contribution in [2.24, 2.45) is 5.92 Å². The Morgan fingerprint density at radius 1 is 1.16 bits per heavy atom. The molecule has 0 amide bonds. The number of hydrogen-bond acceptors (Lipinski definition) is 3. The van der Waals surface area contributed by atoms with E-state index in [0.717, 1.165) is 45.2 Å². The number of benzene rings is 2. The van der Waals surface area contributed by atoms with E-state index in [1.54, 1.807) is 6.92 Å². The summed E-state index contributed by atoms with van der Waals surface area (Å²) in [6.45, 7) is 12.4. The molecule has 0 radical (unpaired) electrons. The summed E-state index contributed by atoms with van der Waals surface area (Å²) in [6, 6.07) is 16.0. The maximum absolute atomic E-state index is 11.7. The van der Waals surface area contributed by atoms with Gasteiger partial charge in [0.05, 0.1) is 0 Å². The Kier molecular flexibility index (Phi) is 11.5. The monoisotopic (exact) mass is 518 g/mol. The van der Waals surface area contributed by atoms with Crippen molar-refractivity contribution in [1.82, 2.24) is 10.2 Å². The first-order valence-corrected chi connectivity index (χ1v) is 12.7. The lowest BCUT2D eigenvalue weighted by atomic mass is 9.99. The molecular formula is C27H36BrClN2O. The lowest BCUT2D eigenvalue weighted by molar-refractivity contribution is -0.111. The van der Waals surface area contributed by atoms with Crippen LogP contribution in [0.5, 0.6) is 0 Å². The number of carbonyl (C=O) groups excluding carboxylic acids is 1. The van der Waals surface area contributed by atoms with Crippen LogP contribution in [0, 0.1) is 5.92 Å². The lowest BCUT2D eigenvalue weighted by Crippen LogP contribution is -2.21. The highest BCUT2D eigenvalue weighted by Gasteiger charge is 2.22. The zero-order chi connectivity index (χ0) is 23.5. The molecule has 0 bridgehead atoms. The molecule has 0 aliphatic carbocycles. The minimum atomic E-state index is 0.0801. The molecule has 5 heteroatoms. The zero-order valence-electron chi connectivity index (χ0n) is 19.8. The van der Waals surface area contributed by atoms with Crippen LogP contribution in [0.1, 0.15) is 51.7 Å². The standard InChI is InChI=1S/C14H20ClN.C13H16BrNO/c1-2-8-16-9-7-12(11-16)10-13-5-3-4-6-14(13)15;1-4-15-9(2)13(10(3)16)11-6-5-7-12(14)8-11/h3-6,12H,2,7-11H2,1H3;5-8,15H,4H2,1-3H3/b;13-9-. The van der Waals surface area contributed by atoms with E-state index < -0.39 is 0 Å². The second-order valence-electron chi connectivity index (χ2n) is 8.35. The fourth-order valence-electron chi connectivity index (χ4n) is 4.26. The van der Waals surface area contributed by atoms with Gasteiger partial charge >= 0.3 is 0 Å². The van der Waals surface area contributed by atoms with E-state index in [2.05, 4.69) is 45.2 Å². The topological polar surface area (TPSA) is 32.3 Å². The zero-order valence-corrected chi connectivity index (χ0v) is 22.1. The number of allylic oxidation sites excluding steroid dienone is 2. The molecule has 0 saturated carbocycles. The molecular weight excluding hydrogens is 484 g/mol. The van der Waals surface area contributed by atoms with Crippen molar-refractivity contribution in [3.8, 4) is 0 Å². The molecule has 3 rings (SSSR count). The van der Waals surface area contributed by atoms with Crippen LogP contribution >= 0.6 is 27.5 Å². The third-order valence-electron chi connectivity index (χ3n) is 5.66. The van der Waals surface area contributed by atoms with Gasteiger partial charge in [0.25, 0.3) is 0 Å². The van der Waals surface area contributed by atoms with Crippen LogP contribution in [0.15, 0.2) is 58.7 Å². The Labute approximate surface area is 207 Å². The van der Waals surface area contributed by atoms with Crippen molar-refractivity contribution in [1.29, 1.82) is 0 Å². The molecule has 1 atom stereocenters. The molecule has 0 spiro atoms. The average molecular weight is 520 g/mol. The molecule has 0 aromatic heterocycles. The first-order valence-electron chi connectivity index (χ1n) is 11.5. The first-order chi connectivity index (χ1) is 15.3. The van der Waals surface area contributed by atoms with Crippen LogP contribution in [0.2, 0.25) is 5.02 Å². The van der Waals surface area contributed by atoms with Crippen LogP contribution < -0.4 is 5.32 Å². The second kappa shape index (κ2) is 13.8. The summed E-state index contributed by atoms with van der Waals surface area (Å²) < 4.78 is 0.980. The predicted molar refractivity (Wildman–Crippen MR) is 141 cm³/mol. The van der Waals surface area contributed by atoms with Crippen molar-refractivity contribution in [3.05, 3.63) is 74.9 Å². The minimum Gasteiger partial charge on any atom is -0.388 e. The first kappa shape index (κ1) is 26.6. The Morgan fingerprint density at radius 2 is 1.91 bits per heavy atom. The largest absolute Gasteiger partial charge is 0.388 e. The van der Waals surface area contributed by atoms with Gasteiger partial charge in [0.2, 0.25) is 0 Å². The number of ketones is 1. The number of likely N-dealkylation sites (tertiary alicyclic amines) is 1. The Balaban J connectivity index is 0.000000227. The molecule has 1 aliphatic heterocycles. The quantitative estimate of drug-likeness (QED) is 0.381. The molecule has 1 fully saturated rings. The van der Waals surface area contributed by atoms with Gasteiger partial charge < -0.3 is 10.2 Å². The molecule has 1 saturated heterocycles. The SMILES string of the molecule is CCCN1CCC(Cc2ccccc2Cl)C1.CCN/C(C)=C(/C(C)=O)c1cccc(Br)c1. The molecule has 174 valence electrons. The predicted octanol–water partition coefficient (Wildman–Crippen LogP) is 6.99. The maximum atomic E-state index is 11.7. The normalized spacial score (nSPS) is 16.8. The average Bonchev–Trinajstić information content (AvgIpc) is 3.18. The Morgan fingerprint density at radius 3 is 2.53 bits per heavy atom. The number of rotatable bonds is 8. The van der Waals surface area contributed by atoms with Crippen molar-refractivity contribution in [2.45, 2.75) is 47.0 Å². The van der Waals surface area contributed by atoms with E-state index >= 15 is 0 Å². The fourth-order valence-corrected chi connectivity index (χ4v) is 4.87. The number of nitrogens with zero attached hydrogens (tertiary/aromatic N) is 1. The van der Waals surface area contributed by atoms with Crippen molar-refractivity contribution >= 4 is 38.9 Å². The van der Waals surface area contributed by atoms with Crippen LogP contribution in [0.25, 0.3) is 5.57 Å². The van der Waals surface area contributed by atoms with Crippen LogP contribution in [0.4, 0.5) is 0 Å². The summed E-state index contributed by atoms with van der Waals surface area (Å²) in [5.41, 5.74) is 3.93. The Hall–Kier alpha value is -1.62. The van der Waals surface area contributed by atoms with E-state index in [1.165, 1.54) is 38.0 Å². The molecule has 2 aromatic rings. The molecule has 1 aliphatic rings. The Bertz CT molecular complexity index is 912. The van der Waals surface area contributed by atoms with E-state index in [9.17, 15) is 4.79 Å². The molecule has 2 aromatic carbocycles. The van der Waals surface area contributed by atoms with Crippen molar-refractivity contribution in [2.75, 3.05) is 26.2 Å². The highest BCUT2D eigenvalue weighted by Crippen LogP contribution is 2.25. The summed E-state index contributed by atoms with van der Waals surface area (Å²) in [5, 5.41) is 4.12. The summed E-state index contributed by atoms with van der Waals surface area (Å²) in [4.78, 5) is 14.2. The number of carbonyl (C=O) groups is 1. The molecule has 1 unspecified atom stereocenters. The summed E-state index contributed by atoms with van der Waals surface area (Å²) in [6.07, 6.45) is 3.73. The summed E-state index contributed by atoms with van der Waals surface area (Å²) >= 11 is 9.60. The van der Waals surface area contributed by atoms with E-state index in [4.69, 9.17) is 11.6 Å². The third kappa shape index (κ3) is 8.38. The van der Waals surface area contributed by atoms with Gasteiger partial charge in [0.1, 0.15) is 0 Å². The molecule has 32 heavy (non-hydrogen) atoms. The van der Waals surface area contributed by atoms with Gasteiger partial charge in [-0.2, -0.15) is 0 Å². The third-order valence-corrected chi connectivity index (χ3v) is 6.52. The van der Waals surface area contributed by atoms with Gasteiger partial charge in [-0.15, -0.1) is 0 Å². The van der Waals surface area contributed by atoms with Gasteiger partial charge in [0, 0.05) is 33.9 Å². The molecule has 3 nitrogen and oxygen atoms in total. The van der Waals surface area contributed by atoms with Crippen LogP contribution in [-0.4, -0.2) is 36.9 Å². The minimum absolute atomic E-state index is 0.0801. The number of halogens is 2. The highest BCUT2D eigenvalue weighted by atomic mass is 79.9. The molecule has 1 heterocycles. The van der Waals surface area contributed by atoms with Crippen LogP contribution in [0.3, 0.4) is 0 Å². The summed E-state index contributed by atoms with van der Waals surface area (Å²) in [5.74, 6) is 0.878. The van der Waals surface area contributed by atoms with Gasteiger partial charge in [0.15, 0.2) is 5.78 Å². The van der Waals surface area contributed by atoms with E-state index in [1.807, 2.05) is 50.2 Å². The van der Waals surface area contributed by atoms with Gasteiger partial charge in [-0.25, -0.2) is 0 Å². The summed E-state index contributed by atoms with van der Waals surface area (Å²) in [7, 11) is 0.